The Balaban J connectivity index is 2.17. The van der Waals surface area contributed by atoms with Gasteiger partial charge in [0.05, 0.1) is 24.4 Å². The molecule has 1 unspecified atom stereocenters. The fraction of sp³-hybridized carbons (Fsp3) is 0.190. The van der Waals surface area contributed by atoms with Crippen molar-refractivity contribution in [2.75, 3.05) is 19.0 Å². The molecule has 158 valence electrons. The number of anilines is 1. The highest BCUT2D eigenvalue weighted by molar-refractivity contribution is 6.31. The minimum atomic E-state index is -0.763. The molecule has 2 aromatic rings. The molecule has 7 nitrogen and oxygen atoms in total. The number of ether oxygens (including phenoxy) is 2. The maximum absolute atomic E-state index is 13.3. The molecule has 0 bridgehead atoms. The summed E-state index contributed by atoms with van der Waals surface area (Å²) in [6.07, 6.45) is 5.84. The van der Waals surface area contributed by atoms with Gasteiger partial charge in [0.2, 0.25) is 0 Å². The maximum atomic E-state index is 13.3. The van der Waals surface area contributed by atoms with Crippen molar-refractivity contribution in [3.63, 3.8) is 0 Å². The third-order valence-corrected chi connectivity index (χ3v) is 4.07. The monoisotopic (exact) mass is 433 g/mol. The topological polar surface area (TPSA) is 89.6 Å². The predicted molar refractivity (Wildman–Crippen MR) is 111 cm³/mol. The largest absolute Gasteiger partial charge is 0.465 e. The molecule has 0 aliphatic rings. The number of methoxy groups -OCH3 is 1. The van der Waals surface area contributed by atoms with Gasteiger partial charge in [-0.25, -0.2) is 9.18 Å². The summed E-state index contributed by atoms with van der Waals surface area (Å²) < 4.78 is 23.1. The van der Waals surface area contributed by atoms with E-state index < -0.39 is 23.7 Å². The Morgan fingerprint density at radius 3 is 2.73 bits per heavy atom. The van der Waals surface area contributed by atoms with Gasteiger partial charge in [0.1, 0.15) is 17.4 Å². The minimum absolute atomic E-state index is 0.0397. The average molecular weight is 434 g/mol. The second-order valence-corrected chi connectivity index (χ2v) is 6.22. The lowest BCUT2D eigenvalue weighted by atomic mass is 10.1. The van der Waals surface area contributed by atoms with Gasteiger partial charge in [-0.05, 0) is 49.5 Å². The van der Waals surface area contributed by atoms with E-state index in [0.717, 1.165) is 0 Å². The average Bonchev–Trinajstić information content (AvgIpc) is 2.75. The second kappa shape index (κ2) is 11.6. The van der Waals surface area contributed by atoms with E-state index in [1.165, 1.54) is 43.8 Å². The van der Waals surface area contributed by atoms with Crippen molar-refractivity contribution in [3.05, 3.63) is 83.3 Å². The number of nitrogens with one attached hydrogen (secondary N) is 2. The fourth-order valence-electron chi connectivity index (χ4n) is 2.33. The molecule has 1 heterocycles. The SMILES string of the molecule is CCOC(=O)C(/C=C\N/C(=C/Nc1ccc(F)c(Cl)c1)C(=O)OC)c1ccccn1. The van der Waals surface area contributed by atoms with E-state index >= 15 is 0 Å². The fourth-order valence-corrected chi connectivity index (χ4v) is 2.52. The second-order valence-electron chi connectivity index (χ2n) is 5.81. The molecule has 0 fully saturated rings. The minimum Gasteiger partial charge on any atom is -0.465 e. The molecule has 2 N–H and O–H groups in total. The van der Waals surface area contributed by atoms with Crippen LogP contribution in [0.4, 0.5) is 10.1 Å². The highest BCUT2D eigenvalue weighted by Crippen LogP contribution is 2.20. The Labute approximate surface area is 178 Å². The van der Waals surface area contributed by atoms with Crippen LogP contribution in [0, 0.1) is 5.82 Å². The number of hydrogen-bond donors (Lipinski definition) is 2. The number of aromatic nitrogens is 1. The molecule has 0 radical (unpaired) electrons. The lowest BCUT2D eigenvalue weighted by Gasteiger charge is -2.12. The summed E-state index contributed by atoms with van der Waals surface area (Å²) in [7, 11) is 1.23. The lowest BCUT2D eigenvalue weighted by Crippen LogP contribution is -2.20. The van der Waals surface area contributed by atoms with Crippen molar-refractivity contribution >= 4 is 29.2 Å². The molecule has 0 aliphatic heterocycles. The predicted octanol–water partition coefficient (Wildman–Crippen LogP) is 3.75. The first kappa shape index (κ1) is 22.9. The Hall–Kier alpha value is -3.39. The number of carbonyl (C=O) groups excluding carboxylic acids is 2. The van der Waals surface area contributed by atoms with Gasteiger partial charge in [0, 0.05) is 18.1 Å². The smallest absolute Gasteiger partial charge is 0.355 e. The Kier molecular flexibility index (Phi) is 8.83. The quantitative estimate of drug-likeness (QED) is 0.459. The van der Waals surface area contributed by atoms with Gasteiger partial charge in [-0.1, -0.05) is 17.7 Å². The number of rotatable bonds is 9. The van der Waals surface area contributed by atoms with Crippen molar-refractivity contribution in [1.82, 2.24) is 10.3 Å². The van der Waals surface area contributed by atoms with Crippen LogP contribution in [0.1, 0.15) is 18.5 Å². The van der Waals surface area contributed by atoms with Crippen LogP contribution in [0.15, 0.2) is 66.8 Å². The molecule has 0 aliphatic carbocycles. The molecule has 30 heavy (non-hydrogen) atoms. The van der Waals surface area contributed by atoms with Crippen molar-refractivity contribution in [3.8, 4) is 0 Å². The van der Waals surface area contributed by atoms with E-state index in [1.54, 1.807) is 31.3 Å². The summed E-state index contributed by atoms with van der Waals surface area (Å²) in [4.78, 5) is 28.5. The van der Waals surface area contributed by atoms with Crippen LogP contribution >= 0.6 is 11.6 Å². The van der Waals surface area contributed by atoms with Gasteiger partial charge < -0.3 is 20.1 Å². The highest BCUT2D eigenvalue weighted by atomic mass is 35.5. The molecule has 9 heteroatoms. The van der Waals surface area contributed by atoms with Crippen molar-refractivity contribution in [2.24, 2.45) is 0 Å². The van der Waals surface area contributed by atoms with E-state index in [0.29, 0.717) is 11.4 Å². The molecular formula is C21H21ClFN3O4. The molecule has 0 amide bonds. The number of esters is 2. The molecular weight excluding hydrogens is 413 g/mol. The summed E-state index contributed by atoms with van der Waals surface area (Å²) >= 11 is 5.75. The lowest BCUT2D eigenvalue weighted by molar-refractivity contribution is -0.143. The van der Waals surface area contributed by atoms with E-state index in [2.05, 4.69) is 15.6 Å². The summed E-state index contributed by atoms with van der Waals surface area (Å²) in [5.74, 6) is -2.45. The zero-order valence-corrected chi connectivity index (χ0v) is 17.2. The molecule has 0 saturated carbocycles. The zero-order chi connectivity index (χ0) is 21.9. The standard InChI is InChI=1S/C21H21ClFN3O4/c1-3-30-20(27)15(18-6-4-5-10-24-18)9-11-25-19(21(28)29-2)13-26-14-7-8-17(23)16(22)12-14/h4-13,15,25-26H,3H2,1-2H3/b11-9-,19-13+. The highest BCUT2D eigenvalue weighted by Gasteiger charge is 2.20. The van der Waals surface area contributed by atoms with Crippen molar-refractivity contribution in [1.29, 1.82) is 0 Å². The van der Waals surface area contributed by atoms with Crippen LogP contribution in [0.5, 0.6) is 0 Å². The van der Waals surface area contributed by atoms with Crippen LogP contribution in [0.2, 0.25) is 5.02 Å². The molecule has 2 rings (SSSR count). The van der Waals surface area contributed by atoms with Crippen LogP contribution in [-0.2, 0) is 19.1 Å². The molecule has 0 spiro atoms. The van der Waals surface area contributed by atoms with E-state index in [4.69, 9.17) is 21.1 Å². The Bertz CT molecular complexity index is 935. The summed E-state index contributed by atoms with van der Waals surface area (Å²) in [5.41, 5.74) is 1.00. The molecule has 1 aromatic carbocycles. The number of pyridine rings is 1. The van der Waals surface area contributed by atoms with E-state index in [1.807, 2.05) is 0 Å². The Morgan fingerprint density at radius 1 is 1.30 bits per heavy atom. The number of carbonyl (C=O) groups is 2. The van der Waals surface area contributed by atoms with Crippen molar-refractivity contribution < 1.29 is 23.5 Å². The molecule has 1 atom stereocenters. The third-order valence-electron chi connectivity index (χ3n) is 3.78. The third kappa shape index (κ3) is 6.59. The maximum Gasteiger partial charge on any atom is 0.355 e. The van der Waals surface area contributed by atoms with Gasteiger partial charge in [-0.15, -0.1) is 0 Å². The van der Waals surface area contributed by atoms with Gasteiger partial charge in [-0.2, -0.15) is 0 Å². The van der Waals surface area contributed by atoms with Crippen LogP contribution in [-0.4, -0.2) is 30.6 Å². The number of nitrogens with zero attached hydrogens (tertiary/aromatic N) is 1. The van der Waals surface area contributed by atoms with Gasteiger partial charge in [-0.3, -0.25) is 9.78 Å². The van der Waals surface area contributed by atoms with Crippen molar-refractivity contribution in [2.45, 2.75) is 12.8 Å². The van der Waals surface area contributed by atoms with Crippen LogP contribution in [0.25, 0.3) is 0 Å². The first-order chi connectivity index (χ1) is 14.5. The number of halogens is 2. The number of hydrogen-bond acceptors (Lipinski definition) is 7. The summed E-state index contributed by atoms with van der Waals surface area (Å²) in [6.45, 7) is 1.93. The Morgan fingerprint density at radius 2 is 2.10 bits per heavy atom. The van der Waals surface area contributed by atoms with Gasteiger partial charge in [0.15, 0.2) is 0 Å². The summed E-state index contributed by atoms with van der Waals surface area (Å²) in [6, 6.07) is 9.21. The molecule has 1 aromatic heterocycles. The first-order valence-corrected chi connectivity index (χ1v) is 9.35. The van der Waals surface area contributed by atoms with Crippen LogP contribution in [0.3, 0.4) is 0 Å². The van der Waals surface area contributed by atoms with Gasteiger partial charge >= 0.3 is 11.9 Å². The zero-order valence-electron chi connectivity index (χ0n) is 16.4. The molecule has 0 saturated heterocycles. The van der Waals surface area contributed by atoms with Gasteiger partial charge in [0.25, 0.3) is 0 Å². The normalized spacial score (nSPS) is 12.3. The van der Waals surface area contributed by atoms with Crippen LogP contribution < -0.4 is 10.6 Å². The first-order valence-electron chi connectivity index (χ1n) is 8.97. The van der Waals surface area contributed by atoms with E-state index in [9.17, 15) is 14.0 Å². The number of benzene rings is 1. The summed E-state index contributed by atoms with van der Waals surface area (Å²) in [5, 5.41) is 5.53. The van der Waals surface area contributed by atoms with E-state index in [-0.39, 0.29) is 17.3 Å².